The SMILES string of the molecule is CC(F)(F)C(=O)NC1CC(=O)N(c2ccc3c(cnn3-c3cccc(F)c3)c2)[C@@H]1C1C=CC=CC1. The van der Waals surface area contributed by atoms with Crippen molar-refractivity contribution in [3.63, 3.8) is 0 Å². The molecule has 1 aliphatic carbocycles. The molecule has 2 aromatic carbocycles. The molecule has 2 aliphatic rings. The van der Waals surface area contributed by atoms with Gasteiger partial charge in [0.1, 0.15) is 5.82 Å². The van der Waals surface area contributed by atoms with Crippen LogP contribution in [0.4, 0.5) is 18.9 Å². The van der Waals surface area contributed by atoms with Crippen molar-refractivity contribution in [2.45, 2.75) is 37.8 Å². The fraction of sp³-hybridized carbons (Fsp3) is 0.269. The lowest BCUT2D eigenvalue weighted by Crippen LogP contribution is -2.52. The Kier molecular flexibility index (Phi) is 5.70. The highest BCUT2D eigenvalue weighted by molar-refractivity contribution is 6.00. The molecule has 1 aromatic heterocycles. The number of benzene rings is 2. The number of amides is 2. The molecule has 3 atom stereocenters. The largest absolute Gasteiger partial charge is 0.346 e. The minimum Gasteiger partial charge on any atom is -0.346 e. The number of alkyl halides is 2. The summed E-state index contributed by atoms with van der Waals surface area (Å²) in [6, 6.07) is 10.1. The van der Waals surface area contributed by atoms with Crippen molar-refractivity contribution in [1.82, 2.24) is 15.1 Å². The first kappa shape index (κ1) is 22.9. The number of carbonyl (C=O) groups excluding carboxylic acids is 2. The van der Waals surface area contributed by atoms with Gasteiger partial charge in [0.25, 0.3) is 5.91 Å². The molecule has 2 unspecified atom stereocenters. The smallest absolute Gasteiger partial charge is 0.321 e. The molecule has 1 N–H and O–H groups in total. The van der Waals surface area contributed by atoms with E-state index in [9.17, 15) is 22.8 Å². The van der Waals surface area contributed by atoms with E-state index < -0.39 is 23.9 Å². The lowest BCUT2D eigenvalue weighted by atomic mass is 9.88. The van der Waals surface area contributed by atoms with Crippen LogP contribution in [-0.2, 0) is 9.59 Å². The highest BCUT2D eigenvalue weighted by atomic mass is 19.3. The van der Waals surface area contributed by atoms with Crippen LogP contribution in [-0.4, -0.2) is 39.6 Å². The first-order chi connectivity index (χ1) is 16.7. The lowest BCUT2D eigenvalue weighted by molar-refractivity contribution is -0.143. The zero-order valence-electron chi connectivity index (χ0n) is 18.9. The van der Waals surface area contributed by atoms with Gasteiger partial charge in [0.05, 0.1) is 29.5 Å². The Hall–Kier alpha value is -3.88. The minimum absolute atomic E-state index is 0.0822. The number of hydrogen-bond donors (Lipinski definition) is 1. The molecule has 6 nitrogen and oxygen atoms in total. The van der Waals surface area contributed by atoms with Gasteiger partial charge in [0.2, 0.25) is 5.91 Å². The van der Waals surface area contributed by atoms with Crippen molar-refractivity contribution in [2.75, 3.05) is 4.90 Å². The van der Waals surface area contributed by atoms with Crippen LogP contribution in [0.5, 0.6) is 0 Å². The summed E-state index contributed by atoms with van der Waals surface area (Å²) in [7, 11) is 0. The number of allylic oxidation sites excluding steroid dienone is 3. The summed E-state index contributed by atoms with van der Waals surface area (Å²) in [5.74, 6) is -5.75. The summed E-state index contributed by atoms with van der Waals surface area (Å²) in [6.07, 6.45) is 9.78. The van der Waals surface area contributed by atoms with Crippen LogP contribution in [0.25, 0.3) is 16.6 Å². The number of halogens is 3. The normalized spacial score (nSPS) is 22.2. The summed E-state index contributed by atoms with van der Waals surface area (Å²) in [5, 5.41) is 7.50. The van der Waals surface area contributed by atoms with Gasteiger partial charge in [-0.25, -0.2) is 9.07 Å². The van der Waals surface area contributed by atoms with E-state index in [4.69, 9.17) is 0 Å². The van der Waals surface area contributed by atoms with Crippen LogP contribution in [0, 0.1) is 11.7 Å². The maximum Gasteiger partial charge on any atom is 0.321 e. The molecule has 0 spiro atoms. The van der Waals surface area contributed by atoms with Gasteiger partial charge in [-0.2, -0.15) is 13.9 Å². The molecule has 3 aromatic rings. The Morgan fingerprint density at radius 1 is 1.14 bits per heavy atom. The number of rotatable bonds is 5. The van der Waals surface area contributed by atoms with Gasteiger partial charge < -0.3 is 10.2 Å². The summed E-state index contributed by atoms with van der Waals surface area (Å²) in [4.78, 5) is 26.8. The number of fused-ring (bicyclic) bond motifs is 1. The van der Waals surface area contributed by atoms with Crippen LogP contribution >= 0.6 is 0 Å². The standard InChI is InChI=1S/C26H23F3N4O2/c1-26(28,29)25(35)31-21-14-23(34)32(24(21)16-6-3-2-4-7-16)19-10-11-22-17(12-19)15-30-33(22)20-9-5-8-18(27)13-20/h2-6,8-13,15-16,21,24H,7,14H2,1H3,(H,31,35)/t16?,21?,24-/m1/s1. The topological polar surface area (TPSA) is 67.2 Å². The number of hydrogen-bond acceptors (Lipinski definition) is 3. The average molecular weight is 480 g/mol. The molecule has 180 valence electrons. The number of nitrogens with zero attached hydrogens (tertiary/aromatic N) is 3. The predicted octanol–water partition coefficient (Wildman–Crippen LogP) is 4.54. The van der Waals surface area contributed by atoms with Crippen molar-refractivity contribution >= 4 is 28.4 Å². The summed E-state index contributed by atoms with van der Waals surface area (Å²) in [6.45, 7) is 0.541. The second kappa shape index (κ2) is 8.72. The van der Waals surface area contributed by atoms with E-state index >= 15 is 0 Å². The van der Waals surface area contributed by atoms with E-state index in [1.807, 2.05) is 24.3 Å². The molecular weight excluding hydrogens is 457 g/mol. The molecule has 1 fully saturated rings. The van der Waals surface area contributed by atoms with Crippen molar-refractivity contribution in [3.05, 3.63) is 78.8 Å². The molecule has 1 aliphatic heterocycles. The summed E-state index contributed by atoms with van der Waals surface area (Å²) in [5.41, 5.74) is 1.86. The van der Waals surface area contributed by atoms with Gasteiger partial charge in [0, 0.05) is 30.3 Å². The Bertz CT molecular complexity index is 1360. The fourth-order valence-corrected chi connectivity index (χ4v) is 4.83. The number of anilines is 1. The van der Waals surface area contributed by atoms with Gasteiger partial charge in [-0.3, -0.25) is 9.59 Å². The summed E-state index contributed by atoms with van der Waals surface area (Å²) >= 11 is 0. The fourth-order valence-electron chi connectivity index (χ4n) is 4.83. The van der Waals surface area contributed by atoms with Crippen molar-refractivity contribution in [2.24, 2.45) is 5.92 Å². The first-order valence-electron chi connectivity index (χ1n) is 11.3. The quantitative estimate of drug-likeness (QED) is 0.583. The Morgan fingerprint density at radius 3 is 2.69 bits per heavy atom. The van der Waals surface area contributed by atoms with E-state index in [0.29, 0.717) is 24.7 Å². The first-order valence-corrected chi connectivity index (χ1v) is 11.3. The molecule has 1 saturated heterocycles. The van der Waals surface area contributed by atoms with Crippen LogP contribution < -0.4 is 10.2 Å². The van der Waals surface area contributed by atoms with Crippen LogP contribution in [0.3, 0.4) is 0 Å². The average Bonchev–Trinajstić information content (AvgIpc) is 3.39. The number of aromatic nitrogens is 2. The van der Waals surface area contributed by atoms with Crippen LogP contribution in [0.2, 0.25) is 0 Å². The zero-order valence-corrected chi connectivity index (χ0v) is 18.9. The number of nitrogens with one attached hydrogen (secondary N) is 1. The van der Waals surface area contributed by atoms with Crippen molar-refractivity contribution < 1.29 is 22.8 Å². The molecular formula is C26H23F3N4O2. The van der Waals surface area contributed by atoms with E-state index in [1.165, 1.54) is 12.1 Å². The third kappa shape index (κ3) is 4.34. The molecule has 0 bridgehead atoms. The second-order valence-electron chi connectivity index (χ2n) is 8.92. The number of carbonyl (C=O) groups is 2. The molecule has 9 heteroatoms. The van der Waals surface area contributed by atoms with Gasteiger partial charge in [-0.1, -0.05) is 30.4 Å². The Morgan fingerprint density at radius 2 is 1.97 bits per heavy atom. The van der Waals surface area contributed by atoms with Gasteiger partial charge in [-0.15, -0.1) is 0 Å². The molecule has 5 rings (SSSR count). The van der Waals surface area contributed by atoms with Crippen molar-refractivity contribution in [1.29, 1.82) is 0 Å². The van der Waals surface area contributed by atoms with Gasteiger partial charge in [-0.05, 0) is 42.8 Å². The van der Waals surface area contributed by atoms with Crippen LogP contribution in [0.1, 0.15) is 19.8 Å². The highest BCUT2D eigenvalue weighted by Crippen LogP contribution is 2.36. The minimum atomic E-state index is -3.55. The molecule has 35 heavy (non-hydrogen) atoms. The second-order valence-corrected chi connectivity index (χ2v) is 8.92. The maximum atomic E-state index is 13.7. The maximum absolute atomic E-state index is 13.7. The molecule has 2 amide bonds. The molecule has 2 heterocycles. The highest BCUT2D eigenvalue weighted by Gasteiger charge is 2.46. The third-order valence-electron chi connectivity index (χ3n) is 6.42. The molecule has 0 saturated carbocycles. The Labute approximate surface area is 199 Å². The van der Waals surface area contributed by atoms with E-state index in [2.05, 4.69) is 10.4 Å². The van der Waals surface area contributed by atoms with E-state index in [1.54, 1.807) is 46.1 Å². The van der Waals surface area contributed by atoms with E-state index in [-0.39, 0.29) is 24.1 Å². The van der Waals surface area contributed by atoms with E-state index in [0.717, 1.165) is 10.9 Å². The predicted molar refractivity (Wildman–Crippen MR) is 126 cm³/mol. The van der Waals surface area contributed by atoms with Crippen LogP contribution in [0.15, 0.2) is 73.0 Å². The summed E-state index contributed by atoms with van der Waals surface area (Å²) < 4.78 is 42.6. The van der Waals surface area contributed by atoms with Gasteiger partial charge >= 0.3 is 5.92 Å². The zero-order chi connectivity index (χ0) is 24.7. The third-order valence-corrected chi connectivity index (χ3v) is 6.42. The van der Waals surface area contributed by atoms with Crippen molar-refractivity contribution in [3.8, 4) is 5.69 Å². The van der Waals surface area contributed by atoms with Gasteiger partial charge in [0.15, 0.2) is 0 Å². The molecule has 0 radical (unpaired) electrons. The lowest BCUT2D eigenvalue weighted by Gasteiger charge is -2.34. The monoisotopic (exact) mass is 480 g/mol. The Balaban J connectivity index is 1.51.